The van der Waals surface area contributed by atoms with Gasteiger partial charge in [0.2, 0.25) is 0 Å². The maximum absolute atomic E-state index is 12.8. The predicted molar refractivity (Wildman–Crippen MR) is 113 cm³/mol. The Morgan fingerprint density at radius 3 is 2.25 bits per heavy atom. The first kappa shape index (κ1) is 22.3. The van der Waals surface area contributed by atoms with Gasteiger partial charge in [0, 0.05) is 11.5 Å². The summed E-state index contributed by atoms with van der Waals surface area (Å²) in [6.07, 6.45) is 0.443. The van der Waals surface area contributed by atoms with Gasteiger partial charge in [-0.25, -0.2) is 4.79 Å². The van der Waals surface area contributed by atoms with Crippen LogP contribution in [-0.2, 0) is 42.4 Å². The Bertz CT molecular complexity index is 1080. The quantitative estimate of drug-likeness (QED) is 0.472. The fourth-order valence-corrected chi connectivity index (χ4v) is 4.93. The van der Waals surface area contributed by atoms with Crippen LogP contribution in [0.1, 0.15) is 44.9 Å². The van der Waals surface area contributed by atoms with E-state index in [0.717, 1.165) is 11.1 Å². The third kappa shape index (κ3) is 3.36. The highest BCUT2D eigenvalue weighted by Crippen LogP contribution is 2.48. The summed E-state index contributed by atoms with van der Waals surface area (Å²) in [7, 11) is 2.97. The van der Waals surface area contributed by atoms with Crippen molar-refractivity contribution >= 4 is 5.97 Å². The molecule has 0 saturated carbocycles. The molecule has 2 aromatic carbocycles. The zero-order chi connectivity index (χ0) is 23.0. The minimum absolute atomic E-state index is 0.176. The first-order valence-electron chi connectivity index (χ1n) is 10.3. The molecule has 0 spiro atoms. The van der Waals surface area contributed by atoms with E-state index in [0.29, 0.717) is 56.9 Å². The summed E-state index contributed by atoms with van der Waals surface area (Å²) in [6.45, 7) is -1.15. The van der Waals surface area contributed by atoms with Crippen molar-refractivity contribution in [3.8, 4) is 11.5 Å². The minimum atomic E-state index is -0.603. The van der Waals surface area contributed by atoms with E-state index in [2.05, 4.69) is 0 Å². The predicted octanol–water partition coefficient (Wildman–Crippen LogP) is 1.21. The van der Waals surface area contributed by atoms with Crippen molar-refractivity contribution in [1.29, 1.82) is 0 Å². The second-order valence-corrected chi connectivity index (χ2v) is 7.82. The number of cyclic esters (lactones) is 1. The maximum atomic E-state index is 12.8. The van der Waals surface area contributed by atoms with Gasteiger partial charge in [0.15, 0.2) is 11.5 Å². The van der Waals surface area contributed by atoms with E-state index in [1.807, 2.05) is 6.07 Å². The summed E-state index contributed by atoms with van der Waals surface area (Å²) in [6, 6.07) is 5.30. The molecule has 4 rings (SSSR count). The normalized spacial score (nSPS) is 17.2. The molecule has 1 unspecified atom stereocenters. The average Bonchev–Trinajstić information content (AvgIpc) is 3.20. The van der Waals surface area contributed by atoms with Gasteiger partial charge in [-0.1, -0.05) is 6.07 Å². The number of hydrogen-bond donors (Lipinski definition) is 4. The SMILES string of the molecule is COc1cc(C2C3=C(COC3=O)Cc3cc(CO)c(CO)c(CO)c32)cc(CO)c1OC. The van der Waals surface area contributed by atoms with E-state index in [-0.39, 0.29) is 33.0 Å². The zero-order valence-corrected chi connectivity index (χ0v) is 18.0. The smallest absolute Gasteiger partial charge is 0.335 e. The third-order valence-electron chi connectivity index (χ3n) is 6.30. The largest absolute Gasteiger partial charge is 0.493 e. The number of aliphatic hydroxyl groups is 4. The van der Waals surface area contributed by atoms with Crippen LogP contribution in [0.25, 0.3) is 0 Å². The standard InChI is InChI=1S/C24H26O8/c1-30-19-6-13(4-15(8-26)23(19)31-2)21-20-12(5-16-11-32-24(29)22(16)21)3-14(7-25)17(9-27)18(20)10-28/h3-4,6,21,25-28H,5,7-11H2,1-2H3. The van der Waals surface area contributed by atoms with Gasteiger partial charge in [0.1, 0.15) is 6.61 Å². The molecular formula is C24H26O8. The van der Waals surface area contributed by atoms with E-state index in [1.54, 1.807) is 12.1 Å². The first-order valence-corrected chi connectivity index (χ1v) is 10.3. The van der Waals surface area contributed by atoms with Crippen LogP contribution in [0.3, 0.4) is 0 Å². The van der Waals surface area contributed by atoms with Gasteiger partial charge in [0.25, 0.3) is 0 Å². The molecule has 170 valence electrons. The Kier molecular flexibility index (Phi) is 6.21. The highest BCUT2D eigenvalue weighted by atomic mass is 16.5. The van der Waals surface area contributed by atoms with Gasteiger partial charge in [0.05, 0.1) is 46.2 Å². The molecule has 0 radical (unpaired) electrons. The summed E-state index contributed by atoms with van der Waals surface area (Å²) in [5.74, 6) is -0.243. The number of esters is 1. The molecule has 1 atom stereocenters. The van der Waals surface area contributed by atoms with Gasteiger partial charge in [-0.05, 0) is 57.5 Å². The number of benzene rings is 2. The Hall–Kier alpha value is -2.91. The lowest BCUT2D eigenvalue weighted by Gasteiger charge is -2.31. The lowest BCUT2D eigenvalue weighted by atomic mass is 9.71. The van der Waals surface area contributed by atoms with Crippen LogP contribution in [0.5, 0.6) is 11.5 Å². The van der Waals surface area contributed by atoms with Crippen LogP contribution in [0, 0.1) is 0 Å². The molecule has 8 heteroatoms. The molecule has 1 heterocycles. The van der Waals surface area contributed by atoms with E-state index in [9.17, 15) is 25.2 Å². The van der Waals surface area contributed by atoms with Crippen molar-refractivity contribution in [3.63, 3.8) is 0 Å². The van der Waals surface area contributed by atoms with Gasteiger partial charge >= 0.3 is 5.97 Å². The number of rotatable bonds is 7. The number of hydrogen-bond acceptors (Lipinski definition) is 8. The van der Waals surface area contributed by atoms with Crippen molar-refractivity contribution in [2.45, 2.75) is 38.8 Å². The van der Waals surface area contributed by atoms with Crippen molar-refractivity contribution in [3.05, 3.63) is 68.3 Å². The Balaban J connectivity index is 2.05. The summed E-state index contributed by atoms with van der Waals surface area (Å²) in [4.78, 5) is 12.8. The van der Waals surface area contributed by atoms with E-state index in [1.165, 1.54) is 14.2 Å². The molecule has 0 aromatic heterocycles. The van der Waals surface area contributed by atoms with Crippen LogP contribution in [0.4, 0.5) is 0 Å². The molecule has 1 aliphatic carbocycles. The summed E-state index contributed by atoms with van der Waals surface area (Å²) < 4.78 is 16.2. The molecule has 2 aliphatic rings. The lowest BCUT2D eigenvalue weighted by molar-refractivity contribution is -0.136. The Morgan fingerprint density at radius 2 is 1.66 bits per heavy atom. The third-order valence-corrected chi connectivity index (χ3v) is 6.30. The molecule has 4 N–H and O–H groups in total. The number of carbonyl (C=O) groups is 1. The topological polar surface area (TPSA) is 126 Å². The molecule has 8 nitrogen and oxygen atoms in total. The van der Waals surface area contributed by atoms with Crippen LogP contribution in [0.2, 0.25) is 0 Å². The highest BCUT2D eigenvalue weighted by Gasteiger charge is 2.40. The van der Waals surface area contributed by atoms with Crippen molar-refractivity contribution in [2.75, 3.05) is 20.8 Å². The molecule has 0 amide bonds. The summed E-state index contributed by atoms with van der Waals surface area (Å²) >= 11 is 0. The van der Waals surface area contributed by atoms with Gasteiger partial charge in [-0.15, -0.1) is 0 Å². The zero-order valence-electron chi connectivity index (χ0n) is 18.0. The number of fused-ring (bicyclic) bond motifs is 1. The number of methoxy groups -OCH3 is 2. The number of ether oxygens (including phenoxy) is 3. The molecule has 32 heavy (non-hydrogen) atoms. The average molecular weight is 442 g/mol. The second-order valence-electron chi connectivity index (χ2n) is 7.82. The lowest BCUT2D eigenvalue weighted by Crippen LogP contribution is -2.22. The van der Waals surface area contributed by atoms with Crippen molar-refractivity contribution < 1.29 is 39.4 Å². The molecule has 1 aliphatic heterocycles. The fourth-order valence-electron chi connectivity index (χ4n) is 4.93. The molecule has 0 saturated heterocycles. The molecule has 0 bridgehead atoms. The number of carbonyl (C=O) groups excluding carboxylic acids is 1. The monoisotopic (exact) mass is 442 g/mol. The van der Waals surface area contributed by atoms with E-state index < -0.39 is 11.9 Å². The van der Waals surface area contributed by atoms with Crippen molar-refractivity contribution in [2.24, 2.45) is 0 Å². The molecule has 2 aromatic rings. The Labute approximate surface area is 185 Å². The highest BCUT2D eigenvalue weighted by molar-refractivity contribution is 5.95. The van der Waals surface area contributed by atoms with Gasteiger partial charge in [-0.2, -0.15) is 0 Å². The Morgan fingerprint density at radius 1 is 0.938 bits per heavy atom. The second kappa shape index (κ2) is 8.91. The summed E-state index contributed by atoms with van der Waals surface area (Å²) in [5.41, 5.74) is 5.47. The first-order chi connectivity index (χ1) is 15.5. The molecular weight excluding hydrogens is 416 g/mol. The maximum Gasteiger partial charge on any atom is 0.335 e. The van der Waals surface area contributed by atoms with Gasteiger partial charge in [-0.3, -0.25) is 0 Å². The number of aliphatic hydroxyl groups excluding tert-OH is 4. The van der Waals surface area contributed by atoms with Crippen LogP contribution >= 0.6 is 0 Å². The van der Waals surface area contributed by atoms with Gasteiger partial charge < -0.3 is 34.6 Å². The minimum Gasteiger partial charge on any atom is -0.493 e. The fraction of sp³-hybridized carbons (Fsp3) is 0.375. The summed E-state index contributed by atoms with van der Waals surface area (Å²) in [5, 5.41) is 40.0. The van der Waals surface area contributed by atoms with E-state index in [4.69, 9.17) is 14.2 Å². The van der Waals surface area contributed by atoms with Crippen molar-refractivity contribution in [1.82, 2.24) is 0 Å². The van der Waals surface area contributed by atoms with Crippen LogP contribution in [-0.4, -0.2) is 47.2 Å². The van der Waals surface area contributed by atoms with E-state index >= 15 is 0 Å². The van der Waals surface area contributed by atoms with Crippen LogP contribution < -0.4 is 9.47 Å². The van der Waals surface area contributed by atoms with Crippen LogP contribution in [0.15, 0.2) is 29.3 Å². The molecule has 0 fully saturated rings.